The van der Waals surface area contributed by atoms with E-state index in [0.29, 0.717) is 12.8 Å². The van der Waals surface area contributed by atoms with Crippen LogP contribution in [-0.4, -0.2) is 41.3 Å². The lowest BCUT2D eigenvalue weighted by Gasteiger charge is -2.48. The Hall–Kier alpha value is -1.88. The molecule has 1 N–H and O–H groups in total. The first-order chi connectivity index (χ1) is 12.7. The van der Waals surface area contributed by atoms with E-state index in [1.807, 2.05) is 0 Å². The summed E-state index contributed by atoms with van der Waals surface area (Å²) in [5.74, 6) is 1.06. The van der Waals surface area contributed by atoms with Gasteiger partial charge in [-0.05, 0) is 67.9 Å². The molecule has 5 nitrogen and oxygen atoms in total. The third kappa shape index (κ3) is 2.92. The van der Waals surface area contributed by atoms with E-state index in [9.17, 15) is 4.79 Å². The van der Waals surface area contributed by atoms with E-state index in [-0.39, 0.29) is 11.5 Å². The van der Waals surface area contributed by atoms with Crippen LogP contribution in [0.3, 0.4) is 0 Å². The molecule has 0 aromatic heterocycles. The number of likely N-dealkylation sites (tertiary alicyclic amines) is 1. The van der Waals surface area contributed by atoms with E-state index in [0.717, 1.165) is 48.7 Å². The molecule has 0 radical (unpaired) electrons. The van der Waals surface area contributed by atoms with E-state index in [1.54, 1.807) is 0 Å². The second-order valence-corrected chi connectivity index (χ2v) is 8.32. The van der Waals surface area contributed by atoms with Crippen molar-refractivity contribution < 1.29 is 9.53 Å². The normalized spacial score (nSPS) is 25.7. The molecule has 1 aliphatic carbocycles. The first-order valence-electron chi connectivity index (χ1n) is 10.1. The van der Waals surface area contributed by atoms with Crippen molar-refractivity contribution in [3.63, 3.8) is 0 Å². The maximum absolute atomic E-state index is 11.3. The van der Waals surface area contributed by atoms with Gasteiger partial charge >= 0.3 is 0 Å². The van der Waals surface area contributed by atoms with Gasteiger partial charge in [0.25, 0.3) is 0 Å². The van der Waals surface area contributed by atoms with Gasteiger partial charge in [0, 0.05) is 32.0 Å². The van der Waals surface area contributed by atoms with Crippen LogP contribution < -0.4 is 10.2 Å². The summed E-state index contributed by atoms with van der Waals surface area (Å²) in [6.07, 6.45) is 9.94. The van der Waals surface area contributed by atoms with Crippen molar-refractivity contribution in [1.82, 2.24) is 10.3 Å². The Morgan fingerprint density at radius 3 is 2.65 bits per heavy atom. The summed E-state index contributed by atoms with van der Waals surface area (Å²) >= 11 is 0. The number of piperidine rings is 1. The van der Waals surface area contributed by atoms with E-state index < -0.39 is 0 Å². The van der Waals surface area contributed by atoms with Gasteiger partial charge < -0.3 is 9.64 Å². The van der Waals surface area contributed by atoms with Crippen molar-refractivity contribution in [2.75, 3.05) is 13.1 Å². The smallest absolute Gasteiger partial charge is 0.240 e. The molecular weight excluding hydrogens is 326 g/mol. The number of hydrazone groups is 1. The molecule has 3 heterocycles. The highest BCUT2D eigenvalue weighted by Gasteiger charge is 2.41. The van der Waals surface area contributed by atoms with Crippen LogP contribution in [0, 0.1) is 0 Å². The Morgan fingerprint density at radius 1 is 1.12 bits per heavy atom. The average Bonchev–Trinajstić information content (AvgIpc) is 2.63. The lowest BCUT2D eigenvalue weighted by atomic mass is 9.81. The third-order valence-electron chi connectivity index (χ3n) is 6.77. The largest absolute Gasteiger partial charge is 0.487 e. The minimum Gasteiger partial charge on any atom is -0.487 e. The van der Waals surface area contributed by atoms with Crippen LogP contribution in [0.25, 0.3) is 0 Å². The minimum atomic E-state index is 0.00484. The second kappa shape index (κ2) is 6.38. The molecule has 1 saturated carbocycles. The van der Waals surface area contributed by atoms with Gasteiger partial charge in [-0.25, -0.2) is 5.43 Å². The van der Waals surface area contributed by atoms with Crippen molar-refractivity contribution >= 4 is 11.6 Å². The zero-order valence-corrected chi connectivity index (χ0v) is 15.3. The van der Waals surface area contributed by atoms with Crippen LogP contribution in [0.4, 0.5) is 0 Å². The number of carbonyl (C=O) groups is 1. The predicted octanol–water partition coefficient (Wildman–Crippen LogP) is 3.01. The minimum absolute atomic E-state index is 0.00484. The molecule has 1 aromatic rings. The molecule has 0 atom stereocenters. The summed E-state index contributed by atoms with van der Waals surface area (Å²) in [6, 6.07) is 7.27. The number of hydrogen-bond donors (Lipinski definition) is 1. The zero-order valence-electron chi connectivity index (χ0n) is 15.3. The molecule has 0 unspecified atom stereocenters. The van der Waals surface area contributed by atoms with Gasteiger partial charge in [0.1, 0.15) is 11.4 Å². The molecule has 2 fully saturated rings. The second-order valence-electron chi connectivity index (χ2n) is 8.32. The number of rotatable bonds is 2. The van der Waals surface area contributed by atoms with Crippen molar-refractivity contribution in [3.05, 3.63) is 29.3 Å². The maximum Gasteiger partial charge on any atom is 0.240 e. The number of fused-ring (bicyclic) bond motifs is 1. The van der Waals surface area contributed by atoms with Gasteiger partial charge in [0.15, 0.2) is 0 Å². The fourth-order valence-corrected chi connectivity index (χ4v) is 4.78. The van der Waals surface area contributed by atoms with Crippen LogP contribution in [0.5, 0.6) is 5.75 Å². The Balaban J connectivity index is 1.29. The van der Waals surface area contributed by atoms with Crippen molar-refractivity contribution in [2.24, 2.45) is 5.10 Å². The average molecular weight is 353 g/mol. The molecule has 5 heteroatoms. The van der Waals surface area contributed by atoms with E-state index in [4.69, 9.17) is 4.74 Å². The summed E-state index contributed by atoms with van der Waals surface area (Å²) in [7, 11) is 0. The molecular formula is C21H27N3O2. The van der Waals surface area contributed by atoms with Crippen LogP contribution in [0.15, 0.2) is 23.3 Å². The van der Waals surface area contributed by atoms with Gasteiger partial charge in [0.2, 0.25) is 5.91 Å². The number of carbonyl (C=O) groups excluding carboxylic acids is 1. The van der Waals surface area contributed by atoms with Gasteiger partial charge in [-0.15, -0.1) is 0 Å². The standard InChI is InChI=1S/C21H27N3O2/c25-20-7-5-18(22-23-20)15-4-6-19-16(14-15)8-9-21(26-19)10-12-24(13-11-21)17-2-1-3-17/h4,6,14,17H,1-3,5,7-13H2,(H,23,25). The number of nitrogens with one attached hydrogen (secondary N) is 1. The number of hydrogen-bond acceptors (Lipinski definition) is 4. The molecule has 4 aliphatic rings. The van der Waals surface area contributed by atoms with Crippen LogP contribution in [-0.2, 0) is 11.2 Å². The summed E-state index contributed by atoms with van der Waals surface area (Å²) in [4.78, 5) is 14.0. The van der Waals surface area contributed by atoms with Crippen LogP contribution in [0.1, 0.15) is 62.5 Å². The van der Waals surface area contributed by atoms with E-state index >= 15 is 0 Å². The Kier molecular flexibility index (Phi) is 4.00. The number of ether oxygens (including phenoxy) is 1. The molecule has 138 valence electrons. The van der Waals surface area contributed by atoms with Crippen molar-refractivity contribution in [1.29, 1.82) is 0 Å². The van der Waals surface area contributed by atoms with Crippen LogP contribution in [0.2, 0.25) is 0 Å². The molecule has 1 spiro atoms. The molecule has 1 amide bonds. The highest BCUT2D eigenvalue weighted by molar-refractivity contribution is 6.04. The topological polar surface area (TPSA) is 53.9 Å². The molecule has 26 heavy (non-hydrogen) atoms. The Morgan fingerprint density at radius 2 is 1.96 bits per heavy atom. The van der Waals surface area contributed by atoms with E-state index in [2.05, 4.69) is 33.6 Å². The summed E-state index contributed by atoms with van der Waals surface area (Å²) in [6.45, 7) is 2.38. The molecule has 3 aliphatic heterocycles. The fraction of sp³-hybridized carbons (Fsp3) is 0.619. The predicted molar refractivity (Wildman–Crippen MR) is 100 cm³/mol. The Bertz CT molecular complexity index is 746. The molecule has 1 aromatic carbocycles. The summed E-state index contributed by atoms with van der Waals surface area (Å²) in [5, 5.41) is 4.22. The zero-order chi connectivity index (χ0) is 17.6. The lowest BCUT2D eigenvalue weighted by molar-refractivity contribution is -0.121. The van der Waals surface area contributed by atoms with Gasteiger partial charge in [0.05, 0.1) is 5.71 Å². The third-order valence-corrected chi connectivity index (χ3v) is 6.77. The number of benzene rings is 1. The number of aryl methyl sites for hydroxylation is 1. The number of nitrogens with zero attached hydrogens (tertiary/aromatic N) is 2. The van der Waals surface area contributed by atoms with Gasteiger partial charge in [-0.2, -0.15) is 5.10 Å². The van der Waals surface area contributed by atoms with Crippen molar-refractivity contribution in [3.8, 4) is 5.75 Å². The van der Waals surface area contributed by atoms with E-state index in [1.165, 1.54) is 37.9 Å². The van der Waals surface area contributed by atoms with Crippen molar-refractivity contribution in [2.45, 2.75) is 69.4 Å². The van der Waals surface area contributed by atoms with Gasteiger partial charge in [-0.1, -0.05) is 6.42 Å². The summed E-state index contributed by atoms with van der Waals surface area (Å²) in [5.41, 5.74) is 6.01. The SMILES string of the molecule is O=C1CCC(c2ccc3c(c2)CCC2(CCN(C4CCC4)CC2)O3)=NN1. The first kappa shape index (κ1) is 16.3. The monoisotopic (exact) mass is 353 g/mol. The maximum atomic E-state index is 11.3. The van der Waals surface area contributed by atoms with Gasteiger partial charge in [-0.3, -0.25) is 4.79 Å². The highest BCUT2D eigenvalue weighted by Crippen LogP contribution is 2.41. The molecule has 0 bridgehead atoms. The quantitative estimate of drug-likeness (QED) is 0.889. The molecule has 5 rings (SSSR count). The lowest BCUT2D eigenvalue weighted by Crippen LogP contribution is -2.53. The fourth-order valence-electron chi connectivity index (χ4n) is 4.78. The Labute approximate surface area is 154 Å². The molecule has 1 saturated heterocycles. The van der Waals surface area contributed by atoms with Crippen LogP contribution >= 0.6 is 0 Å². The first-order valence-corrected chi connectivity index (χ1v) is 10.1. The number of amides is 1. The summed E-state index contributed by atoms with van der Waals surface area (Å²) < 4.78 is 6.56. The highest BCUT2D eigenvalue weighted by atomic mass is 16.5.